The number of rotatable bonds is 6. The van der Waals surface area contributed by atoms with Gasteiger partial charge in [-0.05, 0) is 36.2 Å². The zero-order valence-electron chi connectivity index (χ0n) is 20.2. The molecule has 1 amide bonds. The summed E-state index contributed by atoms with van der Waals surface area (Å²) in [4.78, 5) is 37.2. The molecule has 172 valence electrons. The molecule has 2 bridgehead atoms. The zero-order valence-corrected chi connectivity index (χ0v) is 20.2. The first kappa shape index (κ1) is 22.6. The van der Waals surface area contributed by atoms with E-state index in [1.165, 1.54) is 12.1 Å². The molecule has 0 radical (unpaired) electrons. The summed E-state index contributed by atoms with van der Waals surface area (Å²) in [5, 5.41) is 11.3. The molecule has 32 heavy (non-hydrogen) atoms. The highest BCUT2D eigenvalue weighted by molar-refractivity contribution is 5.93. The summed E-state index contributed by atoms with van der Waals surface area (Å²) in [5.74, 6) is 0.846. The lowest BCUT2D eigenvalue weighted by Crippen LogP contribution is -2.54. The van der Waals surface area contributed by atoms with E-state index in [-0.39, 0.29) is 22.4 Å². The fraction of sp³-hybridized carbons (Fsp3) is 0.640. The normalized spacial score (nSPS) is 25.5. The number of aromatic nitrogens is 2. The minimum atomic E-state index is -0.771. The number of hydrogen-bond acceptors (Lipinski definition) is 5. The maximum atomic E-state index is 14.4. The minimum absolute atomic E-state index is 0.0120. The predicted octanol–water partition coefficient (Wildman–Crippen LogP) is 5.01. The molecule has 2 unspecified atom stereocenters. The van der Waals surface area contributed by atoms with Gasteiger partial charge in [-0.15, -0.1) is 0 Å². The van der Waals surface area contributed by atoms with Gasteiger partial charge in [0.1, 0.15) is 0 Å². The maximum Gasteiger partial charge on any atom is 0.271 e. The Labute approximate surface area is 189 Å². The predicted molar refractivity (Wildman–Crippen MR) is 124 cm³/mol. The fourth-order valence-corrected chi connectivity index (χ4v) is 6.07. The van der Waals surface area contributed by atoms with E-state index >= 15 is 0 Å². The zero-order chi connectivity index (χ0) is 23.6. The second-order valence-corrected chi connectivity index (χ2v) is 11.2. The number of fused-ring (bicyclic) bond motifs is 6. The molecule has 1 fully saturated rings. The smallest absolute Gasteiger partial charge is 0.271 e. The lowest BCUT2D eigenvalue weighted by Gasteiger charge is -2.43. The van der Waals surface area contributed by atoms with E-state index in [1.807, 2.05) is 4.90 Å². The lowest BCUT2D eigenvalue weighted by molar-refractivity contribution is -0.384. The quantitative estimate of drug-likeness (QED) is 0.467. The van der Waals surface area contributed by atoms with Gasteiger partial charge in [0, 0.05) is 30.6 Å². The highest BCUT2D eigenvalue weighted by atomic mass is 16.6. The Balaban J connectivity index is 1.94. The molecule has 0 saturated heterocycles. The molecule has 0 N–H and O–H groups in total. The summed E-state index contributed by atoms with van der Waals surface area (Å²) in [5.41, 5.74) is 1.31. The number of benzene rings is 1. The lowest BCUT2D eigenvalue weighted by atomic mass is 9.63. The van der Waals surface area contributed by atoms with Crippen LogP contribution < -0.4 is 0 Å². The van der Waals surface area contributed by atoms with Crippen LogP contribution >= 0.6 is 0 Å². The van der Waals surface area contributed by atoms with Gasteiger partial charge in [0.25, 0.3) is 5.69 Å². The molecule has 4 rings (SSSR count). The first-order chi connectivity index (χ1) is 14.8. The van der Waals surface area contributed by atoms with Crippen LogP contribution in [0.2, 0.25) is 0 Å². The summed E-state index contributed by atoms with van der Waals surface area (Å²) in [6.45, 7) is 16.5. The molecule has 2 aliphatic rings. The van der Waals surface area contributed by atoms with Gasteiger partial charge in [-0.1, -0.05) is 48.5 Å². The summed E-state index contributed by atoms with van der Waals surface area (Å²) in [6, 6.07) is 4.61. The van der Waals surface area contributed by atoms with E-state index in [9.17, 15) is 14.9 Å². The number of hydrogen-bond donors (Lipinski definition) is 0. The van der Waals surface area contributed by atoms with Gasteiger partial charge in [0.2, 0.25) is 5.91 Å². The summed E-state index contributed by atoms with van der Waals surface area (Å²) < 4.78 is 0. The Bertz CT molecular complexity index is 1100. The third-order valence-electron chi connectivity index (χ3n) is 8.06. The molecule has 1 saturated carbocycles. The van der Waals surface area contributed by atoms with Gasteiger partial charge in [-0.2, -0.15) is 0 Å². The van der Waals surface area contributed by atoms with Crippen LogP contribution in [0.25, 0.3) is 11.0 Å². The molecular formula is C25H34N4O3. The molecule has 0 spiro atoms. The number of nitro benzene ring substituents is 1. The third-order valence-corrected chi connectivity index (χ3v) is 8.06. The van der Waals surface area contributed by atoms with Gasteiger partial charge in [0.05, 0.1) is 32.8 Å². The molecule has 1 heterocycles. The van der Waals surface area contributed by atoms with Gasteiger partial charge in [-0.25, -0.2) is 9.97 Å². The largest absolute Gasteiger partial charge is 0.341 e. The van der Waals surface area contributed by atoms with Crippen molar-refractivity contribution in [3.8, 4) is 0 Å². The fourth-order valence-electron chi connectivity index (χ4n) is 6.07. The number of nitrogens with zero attached hydrogens (tertiary/aromatic N) is 4. The van der Waals surface area contributed by atoms with Crippen LogP contribution in [0, 0.1) is 27.4 Å². The molecule has 2 aromatic rings. The van der Waals surface area contributed by atoms with Gasteiger partial charge in [-0.3, -0.25) is 14.9 Å². The van der Waals surface area contributed by atoms with Crippen molar-refractivity contribution in [1.82, 2.24) is 14.9 Å². The van der Waals surface area contributed by atoms with Crippen LogP contribution in [0.5, 0.6) is 0 Å². The molecule has 7 nitrogen and oxygen atoms in total. The third kappa shape index (κ3) is 2.89. The van der Waals surface area contributed by atoms with E-state index < -0.39 is 10.3 Å². The van der Waals surface area contributed by atoms with E-state index in [0.29, 0.717) is 36.0 Å². The van der Waals surface area contributed by atoms with Gasteiger partial charge >= 0.3 is 0 Å². The maximum absolute atomic E-state index is 14.4. The van der Waals surface area contributed by atoms with Crippen molar-refractivity contribution in [2.24, 2.45) is 17.3 Å². The second-order valence-electron chi connectivity index (χ2n) is 11.2. The van der Waals surface area contributed by atoms with Crippen molar-refractivity contribution in [2.45, 2.75) is 72.1 Å². The van der Waals surface area contributed by atoms with Crippen molar-refractivity contribution in [3.05, 3.63) is 39.7 Å². The minimum Gasteiger partial charge on any atom is -0.341 e. The second kappa shape index (κ2) is 7.22. The summed E-state index contributed by atoms with van der Waals surface area (Å²) in [6.07, 6.45) is 1.60. The molecule has 7 heteroatoms. The molecule has 1 aromatic carbocycles. The highest BCUT2D eigenvalue weighted by Gasteiger charge is 2.73. The van der Waals surface area contributed by atoms with Gasteiger partial charge in [0.15, 0.2) is 0 Å². The Hall–Kier alpha value is -2.57. The number of amides is 1. The van der Waals surface area contributed by atoms with Crippen molar-refractivity contribution in [3.63, 3.8) is 0 Å². The Morgan fingerprint density at radius 1 is 1.03 bits per heavy atom. The number of carbonyl (C=O) groups is 1. The Morgan fingerprint density at radius 2 is 1.62 bits per heavy atom. The van der Waals surface area contributed by atoms with Crippen LogP contribution in [0.15, 0.2) is 18.2 Å². The number of nitro groups is 1. The Kier molecular flexibility index (Phi) is 5.10. The average Bonchev–Trinajstić information content (AvgIpc) is 2.99. The van der Waals surface area contributed by atoms with Crippen LogP contribution in [0.1, 0.15) is 72.7 Å². The van der Waals surface area contributed by atoms with E-state index in [2.05, 4.69) is 48.5 Å². The standard InChI is InChI=1S/C25H34N4O3/c1-15(2)13-28(14-16(3)4)22(30)25-11-10-24(7,23(25,5)6)20-21(25)27-19-12-17(29(31)32)8-9-18(19)26-20/h8-9,12,15-16H,10-11,13-14H2,1-7H3. The van der Waals surface area contributed by atoms with Crippen molar-refractivity contribution < 1.29 is 9.72 Å². The van der Waals surface area contributed by atoms with Gasteiger partial charge < -0.3 is 4.90 Å². The number of carbonyl (C=O) groups excluding carboxylic acids is 1. The summed E-state index contributed by atoms with van der Waals surface area (Å²) >= 11 is 0. The highest BCUT2D eigenvalue weighted by Crippen LogP contribution is 2.70. The SMILES string of the molecule is CC(C)CN(CC(C)C)C(=O)C12CCC(C)(c3nc4ccc([N+](=O)[O-])cc4nc31)C2(C)C. The van der Waals surface area contributed by atoms with E-state index in [0.717, 1.165) is 24.2 Å². The van der Waals surface area contributed by atoms with E-state index in [1.54, 1.807) is 6.07 Å². The van der Waals surface area contributed by atoms with Crippen LogP contribution in [0.4, 0.5) is 5.69 Å². The average molecular weight is 439 g/mol. The van der Waals surface area contributed by atoms with Crippen LogP contribution in [-0.4, -0.2) is 38.8 Å². The first-order valence-electron chi connectivity index (χ1n) is 11.6. The van der Waals surface area contributed by atoms with Crippen molar-refractivity contribution in [2.75, 3.05) is 13.1 Å². The number of non-ortho nitro benzene ring substituents is 1. The molecule has 2 aliphatic carbocycles. The summed E-state index contributed by atoms with van der Waals surface area (Å²) in [7, 11) is 0. The van der Waals surface area contributed by atoms with Crippen molar-refractivity contribution in [1.29, 1.82) is 0 Å². The van der Waals surface area contributed by atoms with Crippen LogP contribution in [-0.2, 0) is 15.6 Å². The molecular weight excluding hydrogens is 404 g/mol. The molecule has 2 atom stereocenters. The molecule has 0 aliphatic heterocycles. The van der Waals surface area contributed by atoms with E-state index in [4.69, 9.17) is 9.97 Å². The Morgan fingerprint density at radius 3 is 2.19 bits per heavy atom. The van der Waals surface area contributed by atoms with Crippen molar-refractivity contribution >= 4 is 22.6 Å². The monoisotopic (exact) mass is 438 g/mol. The first-order valence-corrected chi connectivity index (χ1v) is 11.6. The van der Waals surface area contributed by atoms with Crippen LogP contribution in [0.3, 0.4) is 0 Å². The molecule has 1 aromatic heterocycles. The topological polar surface area (TPSA) is 89.2 Å².